The van der Waals surface area contributed by atoms with Gasteiger partial charge in [-0.15, -0.1) is 0 Å². The molecule has 0 bridgehead atoms. The number of hydrogen-bond acceptors (Lipinski definition) is 6. The summed E-state index contributed by atoms with van der Waals surface area (Å²) in [6.45, 7) is 0.153. The molecule has 3 aromatic rings. The normalized spacial score (nSPS) is 19.3. The van der Waals surface area contributed by atoms with Gasteiger partial charge >= 0.3 is 0 Å². The van der Waals surface area contributed by atoms with Crippen LogP contribution in [-0.2, 0) is 16.1 Å². The molecule has 31 heavy (non-hydrogen) atoms. The number of benzene rings is 2. The van der Waals surface area contributed by atoms with Crippen LogP contribution in [0.2, 0.25) is 5.02 Å². The topological polar surface area (TPSA) is 89.2 Å². The first-order chi connectivity index (χ1) is 15.0. The van der Waals surface area contributed by atoms with Crippen LogP contribution in [0.1, 0.15) is 22.9 Å². The van der Waals surface area contributed by atoms with Crippen molar-refractivity contribution in [1.82, 2.24) is 4.90 Å². The van der Waals surface area contributed by atoms with E-state index in [4.69, 9.17) is 25.5 Å². The van der Waals surface area contributed by atoms with Gasteiger partial charge in [0.1, 0.15) is 11.5 Å². The van der Waals surface area contributed by atoms with Crippen molar-refractivity contribution in [2.45, 2.75) is 12.6 Å². The molecule has 1 aromatic heterocycles. The highest BCUT2D eigenvalue weighted by Gasteiger charge is 2.46. The highest BCUT2D eigenvalue weighted by Crippen LogP contribution is 2.42. The van der Waals surface area contributed by atoms with Crippen LogP contribution in [0.15, 0.2) is 70.9 Å². The minimum atomic E-state index is -0.812. The van der Waals surface area contributed by atoms with Crippen LogP contribution in [-0.4, -0.2) is 28.5 Å². The summed E-state index contributed by atoms with van der Waals surface area (Å²) in [4.78, 5) is 27.3. The average Bonchev–Trinajstić information content (AvgIpc) is 3.51. The van der Waals surface area contributed by atoms with Crippen LogP contribution in [0.4, 0.5) is 0 Å². The van der Waals surface area contributed by atoms with Crippen molar-refractivity contribution in [2.75, 3.05) is 6.79 Å². The molecule has 7 nitrogen and oxygen atoms in total. The number of amides is 1. The lowest BCUT2D eigenvalue weighted by molar-refractivity contribution is -0.140. The zero-order valence-corrected chi connectivity index (χ0v) is 16.8. The van der Waals surface area contributed by atoms with Gasteiger partial charge in [0.2, 0.25) is 6.79 Å². The predicted octanol–water partition coefficient (Wildman–Crippen LogP) is 4.28. The minimum Gasteiger partial charge on any atom is -0.507 e. The third-order valence-electron chi connectivity index (χ3n) is 5.28. The molecule has 2 aliphatic heterocycles. The van der Waals surface area contributed by atoms with Crippen molar-refractivity contribution >= 4 is 29.1 Å². The molecule has 8 heteroatoms. The number of aliphatic hydroxyl groups excluding tert-OH is 1. The molecule has 0 saturated carbocycles. The fourth-order valence-corrected chi connectivity index (χ4v) is 3.93. The second-order valence-corrected chi connectivity index (χ2v) is 7.56. The van der Waals surface area contributed by atoms with Gasteiger partial charge in [0.25, 0.3) is 11.7 Å². The van der Waals surface area contributed by atoms with Gasteiger partial charge in [-0.3, -0.25) is 9.59 Å². The van der Waals surface area contributed by atoms with Crippen molar-refractivity contribution in [1.29, 1.82) is 0 Å². The predicted molar refractivity (Wildman–Crippen MR) is 111 cm³/mol. The highest BCUT2D eigenvalue weighted by atomic mass is 35.5. The van der Waals surface area contributed by atoms with E-state index in [9.17, 15) is 14.7 Å². The maximum atomic E-state index is 13.0. The number of carbonyl (C=O) groups excluding carboxylic acids is 2. The lowest BCUT2D eigenvalue weighted by Gasteiger charge is -2.24. The van der Waals surface area contributed by atoms with Crippen LogP contribution in [0.5, 0.6) is 11.5 Å². The van der Waals surface area contributed by atoms with E-state index < -0.39 is 17.7 Å². The van der Waals surface area contributed by atoms with Crippen molar-refractivity contribution in [3.05, 3.63) is 88.3 Å². The molecular weight excluding hydrogens is 422 g/mol. The third-order valence-corrected chi connectivity index (χ3v) is 5.53. The van der Waals surface area contributed by atoms with Gasteiger partial charge in [-0.2, -0.15) is 0 Å². The maximum Gasteiger partial charge on any atom is 0.296 e. The number of nitrogens with zero attached hydrogens (tertiary/aromatic N) is 1. The molecule has 2 aromatic carbocycles. The van der Waals surface area contributed by atoms with Crippen molar-refractivity contribution < 1.29 is 28.6 Å². The standard InChI is InChI=1S/C23H16ClNO6/c24-15-6-3-13(4-7-15)20-19(21(26)14-5-8-17-18(10-14)31-12-30-17)22(27)23(28)25(20)11-16-2-1-9-29-16/h1-10,20,26H,11-12H2/b21-19-. The Hall–Kier alpha value is -3.71. The van der Waals surface area contributed by atoms with Crippen LogP contribution in [0.25, 0.3) is 5.76 Å². The van der Waals surface area contributed by atoms with Crippen LogP contribution >= 0.6 is 11.6 Å². The molecule has 1 unspecified atom stereocenters. The molecule has 3 heterocycles. The number of ether oxygens (including phenoxy) is 2. The molecular formula is C23H16ClNO6. The van der Waals surface area contributed by atoms with E-state index in [2.05, 4.69) is 0 Å². The fraction of sp³-hybridized carbons (Fsp3) is 0.130. The molecule has 1 fully saturated rings. The lowest BCUT2D eigenvalue weighted by Crippen LogP contribution is -2.29. The highest BCUT2D eigenvalue weighted by molar-refractivity contribution is 6.46. The first kappa shape index (κ1) is 19.3. The minimum absolute atomic E-state index is 0.0160. The summed E-state index contributed by atoms with van der Waals surface area (Å²) in [5.74, 6) is -0.274. The monoisotopic (exact) mass is 437 g/mol. The van der Waals surface area contributed by atoms with Crippen LogP contribution < -0.4 is 9.47 Å². The Bertz CT molecular complexity index is 1200. The zero-order valence-electron chi connectivity index (χ0n) is 16.1. The van der Waals surface area contributed by atoms with E-state index in [0.717, 1.165) is 0 Å². The Balaban J connectivity index is 1.64. The smallest absolute Gasteiger partial charge is 0.296 e. The molecule has 1 N–H and O–H groups in total. The molecule has 0 radical (unpaired) electrons. The van der Waals surface area contributed by atoms with Gasteiger partial charge in [-0.25, -0.2) is 0 Å². The molecule has 5 rings (SSSR count). The van der Waals surface area contributed by atoms with Gasteiger partial charge < -0.3 is 23.9 Å². The first-order valence-corrected chi connectivity index (χ1v) is 9.87. The van der Waals surface area contributed by atoms with E-state index in [0.29, 0.717) is 33.4 Å². The van der Waals surface area contributed by atoms with Crippen molar-refractivity contribution in [3.63, 3.8) is 0 Å². The van der Waals surface area contributed by atoms with Gasteiger partial charge in [0.05, 0.1) is 24.4 Å². The number of ketones is 1. The summed E-state index contributed by atoms with van der Waals surface area (Å²) in [7, 11) is 0. The van der Waals surface area contributed by atoms with Crippen molar-refractivity contribution in [3.8, 4) is 11.5 Å². The summed E-state index contributed by atoms with van der Waals surface area (Å²) in [6.07, 6.45) is 1.50. The van der Waals surface area contributed by atoms with E-state index in [1.54, 1.807) is 54.6 Å². The molecule has 156 valence electrons. The van der Waals surface area contributed by atoms with Crippen LogP contribution in [0.3, 0.4) is 0 Å². The summed E-state index contributed by atoms with van der Waals surface area (Å²) in [5, 5.41) is 11.6. The number of aliphatic hydroxyl groups is 1. The summed E-state index contributed by atoms with van der Waals surface area (Å²) >= 11 is 6.03. The fourth-order valence-electron chi connectivity index (χ4n) is 3.80. The molecule has 1 saturated heterocycles. The molecule has 2 aliphatic rings. The molecule has 1 amide bonds. The quantitative estimate of drug-likeness (QED) is 0.372. The number of likely N-dealkylation sites (tertiary alicyclic amines) is 1. The number of fused-ring (bicyclic) bond motifs is 1. The SMILES string of the molecule is O=C1C(=O)N(Cc2ccco2)C(c2ccc(Cl)cc2)/C1=C(/O)c1ccc2c(c1)OCO2. The molecule has 1 atom stereocenters. The Morgan fingerprint density at radius 1 is 1.06 bits per heavy atom. The Labute approximate surface area is 182 Å². The van der Waals surface area contributed by atoms with E-state index in [1.165, 1.54) is 11.2 Å². The van der Waals surface area contributed by atoms with Crippen molar-refractivity contribution in [2.24, 2.45) is 0 Å². The van der Waals surface area contributed by atoms with Gasteiger partial charge in [-0.05, 0) is 48.0 Å². The number of Topliss-reactive ketones (excluding diaryl/α,β-unsaturated/α-hetero) is 1. The Kier molecular flexibility index (Phi) is 4.67. The summed E-state index contributed by atoms with van der Waals surface area (Å²) in [5.41, 5.74) is 0.967. The van der Waals surface area contributed by atoms with Gasteiger partial charge in [0, 0.05) is 10.6 Å². The lowest BCUT2D eigenvalue weighted by atomic mass is 9.95. The Morgan fingerprint density at radius 3 is 2.58 bits per heavy atom. The number of rotatable bonds is 4. The second kappa shape index (κ2) is 7.52. The van der Waals surface area contributed by atoms with Gasteiger partial charge in [-0.1, -0.05) is 23.7 Å². The number of furan rings is 1. The first-order valence-electron chi connectivity index (χ1n) is 9.49. The van der Waals surface area contributed by atoms with E-state index in [1.807, 2.05) is 0 Å². The summed E-state index contributed by atoms with van der Waals surface area (Å²) in [6, 6.07) is 14.2. The number of halogens is 1. The number of carbonyl (C=O) groups is 2. The van der Waals surface area contributed by atoms with E-state index in [-0.39, 0.29) is 24.7 Å². The van der Waals surface area contributed by atoms with Gasteiger partial charge in [0.15, 0.2) is 11.5 Å². The second-order valence-electron chi connectivity index (χ2n) is 7.13. The third kappa shape index (κ3) is 3.33. The van der Waals surface area contributed by atoms with E-state index >= 15 is 0 Å². The van der Waals surface area contributed by atoms with Crippen LogP contribution in [0, 0.1) is 0 Å². The molecule has 0 aliphatic carbocycles. The Morgan fingerprint density at radius 2 is 1.84 bits per heavy atom. The zero-order chi connectivity index (χ0) is 21.5. The molecule has 0 spiro atoms. The number of hydrogen-bond donors (Lipinski definition) is 1. The average molecular weight is 438 g/mol. The maximum absolute atomic E-state index is 13.0. The largest absolute Gasteiger partial charge is 0.507 e. The summed E-state index contributed by atoms with van der Waals surface area (Å²) < 4.78 is 16.1.